The Morgan fingerprint density at radius 2 is 0.596 bits per heavy atom. The maximum absolute atomic E-state index is 9.90. The fourth-order valence-corrected chi connectivity index (χ4v) is 5.65. The van der Waals surface area contributed by atoms with Crippen molar-refractivity contribution in [3.8, 4) is 12.1 Å². The second-order valence-corrected chi connectivity index (χ2v) is 12.6. The van der Waals surface area contributed by atoms with Crippen molar-refractivity contribution < 1.29 is 0 Å². The molecule has 252 valence electrons. The van der Waals surface area contributed by atoms with Crippen LogP contribution in [0.25, 0.3) is 0 Å². The number of benzene rings is 6. The molecule has 0 aliphatic carbocycles. The highest BCUT2D eigenvalue weighted by molar-refractivity contribution is 5.85. The van der Waals surface area contributed by atoms with Crippen LogP contribution in [0.5, 0.6) is 0 Å². The Morgan fingerprint density at radius 1 is 0.385 bits per heavy atom. The molecule has 0 unspecified atom stereocenters. The van der Waals surface area contributed by atoms with Gasteiger partial charge in [0.25, 0.3) is 0 Å². The van der Waals surface area contributed by atoms with Crippen LogP contribution in [-0.2, 0) is 0 Å². The molecule has 6 aromatic rings. The molecule has 0 aromatic heterocycles. The standard InChI is InChI=1S/C46H38N6/c1-33-5-17-39(18-6-33)51(40-19-7-34(2)8-20-40)43-25-13-37(14-26-43)31-49-45(29-47)46(30-48)50-32-38-15-27-44(28-16-38)52(41-21-9-35(3)10-22-41)42-23-11-36(4)12-24-42/h5-28,31-32H,1-4H3/b46-45-,49-31?,50-32?. The number of nitriles is 2. The van der Waals surface area contributed by atoms with Crippen LogP contribution >= 0.6 is 0 Å². The minimum atomic E-state index is -0.0645. The molecule has 0 atom stereocenters. The molecule has 0 saturated heterocycles. The van der Waals surface area contributed by atoms with Crippen LogP contribution in [0.4, 0.5) is 34.1 Å². The van der Waals surface area contributed by atoms with Gasteiger partial charge in [0.2, 0.25) is 0 Å². The SMILES string of the molecule is Cc1ccc(N(c2ccc(C)cc2)c2ccc(C=N/C(C#N)=C(/C#N)N=Cc3ccc(N(c4ccc(C)cc4)c4ccc(C)cc4)cc3)cc2)cc1. The van der Waals surface area contributed by atoms with Gasteiger partial charge in [-0.25, -0.2) is 9.98 Å². The van der Waals surface area contributed by atoms with Crippen molar-refractivity contribution in [2.24, 2.45) is 9.98 Å². The second-order valence-electron chi connectivity index (χ2n) is 12.6. The van der Waals surface area contributed by atoms with Gasteiger partial charge in [0.15, 0.2) is 11.4 Å². The lowest BCUT2D eigenvalue weighted by Gasteiger charge is -2.25. The summed E-state index contributed by atoms with van der Waals surface area (Å²) in [5.74, 6) is 0. The van der Waals surface area contributed by atoms with Crippen LogP contribution in [-0.4, -0.2) is 12.4 Å². The highest BCUT2D eigenvalue weighted by Gasteiger charge is 2.14. The zero-order valence-corrected chi connectivity index (χ0v) is 29.7. The van der Waals surface area contributed by atoms with E-state index in [1.165, 1.54) is 22.3 Å². The normalized spacial score (nSPS) is 11.6. The first-order chi connectivity index (χ1) is 25.3. The second kappa shape index (κ2) is 16.1. The molecule has 0 bridgehead atoms. The summed E-state index contributed by atoms with van der Waals surface area (Å²) in [4.78, 5) is 13.1. The average molecular weight is 675 g/mol. The number of aliphatic imine (C=N–C) groups is 2. The lowest BCUT2D eigenvalue weighted by atomic mass is 10.1. The molecule has 0 spiro atoms. The molecule has 0 heterocycles. The summed E-state index contributed by atoms with van der Waals surface area (Å²) >= 11 is 0. The van der Waals surface area contributed by atoms with E-state index in [9.17, 15) is 10.5 Å². The third-order valence-electron chi connectivity index (χ3n) is 8.59. The number of anilines is 6. The molecule has 0 saturated carbocycles. The molecule has 6 rings (SSSR count). The van der Waals surface area contributed by atoms with E-state index < -0.39 is 0 Å². The van der Waals surface area contributed by atoms with Crippen molar-refractivity contribution >= 4 is 46.6 Å². The van der Waals surface area contributed by atoms with Gasteiger partial charge >= 0.3 is 0 Å². The molecule has 0 amide bonds. The minimum Gasteiger partial charge on any atom is -0.311 e. The fraction of sp³-hybridized carbons (Fsp3) is 0.0870. The van der Waals surface area contributed by atoms with E-state index in [1.54, 1.807) is 12.4 Å². The predicted octanol–water partition coefficient (Wildman–Crippen LogP) is 11.7. The van der Waals surface area contributed by atoms with Crippen LogP contribution in [0, 0.1) is 50.4 Å². The number of allylic oxidation sites excluding steroid dienone is 2. The van der Waals surface area contributed by atoms with Gasteiger partial charge in [-0.15, -0.1) is 0 Å². The van der Waals surface area contributed by atoms with Gasteiger partial charge in [-0.3, -0.25) is 0 Å². The summed E-state index contributed by atoms with van der Waals surface area (Å²) in [6.07, 6.45) is 3.16. The molecular formula is C46H38N6. The third-order valence-corrected chi connectivity index (χ3v) is 8.59. The zero-order valence-electron chi connectivity index (χ0n) is 29.7. The maximum atomic E-state index is 9.90. The summed E-state index contributed by atoms with van der Waals surface area (Å²) in [6, 6.07) is 53.6. The maximum Gasteiger partial charge on any atom is 0.176 e. The minimum absolute atomic E-state index is 0.0645. The highest BCUT2D eigenvalue weighted by Crippen LogP contribution is 2.36. The lowest BCUT2D eigenvalue weighted by Crippen LogP contribution is -2.10. The van der Waals surface area contributed by atoms with Crippen LogP contribution in [0.2, 0.25) is 0 Å². The largest absolute Gasteiger partial charge is 0.311 e. The van der Waals surface area contributed by atoms with E-state index in [4.69, 9.17) is 0 Å². The molecule has 6 nitrogen and oxygen atoms in total. The highest BCUT2D eigenvalue weighted by atomic mass is 15.1. The molecule has 52 heavy (non-hydrogen) atoms. The van der Waals surface area contributed by atoms with E-state index in [1.807, 2.05) is 60.7 Å². The zero-order chi connectivity index (χ0) is 36.5. The molecule has 6 aromatic carbocycles. The smallest absolute Gasteiger partial charge is 0.176 e. The van der Waals surface area contributed by atoms with Gasteiger partial charge in [-0.1, -0.05) is 95.1 Å². The molecule has 0 fully saturated rings. The molecule has 6 heteroatoms. The Hall–Kier alpha value is -7.02. The van der Waals surface area contributed by atoms with Crippen molar-refractivity contribution in [2.45, 2.75) is 27.7 Å². The van der Waals surface area contributed by atoms with E-state index in [2.05, 4.69) is 145 Å². The predicted molar refractivity (Wildman–Crippen MR) is 215 cm³/mol. The topological polar surface area (TPSA) is 78.8 Å². The van der Waals surface area contributed by atoms with Crippen LogP contribution < -0.4 is 9.80 Å². The van der Waals surface area contributed by atoms with E-state index in [0.29, 0.717) is 0 Å². The van der Waals surface area contributed by atoms with Gasteiger partial charge < -0.3 is 9.80 Å². The molecule has 0 N–H and O–H groups in total. The Bertz CT molecular complexity index is 2040. The van der Waals surface area contributed by atoms with Crippen molar-refractivity contribution in [1.82, 2.24) is 0 Å². The quantitative estimate of drug-likeness (QED) is 0.107. The van der Waals surface area contributed by atoms with Crippen molar-refractivity contribution in [3.05, 3.63) is 190 Å². The Balaban J connectivity index is 1.21. The first-order valence-corrected chi connectivity index (χ1v) is 17.0. The van der Waals surface area contributed by atoms with Gasteiger partial charge in [0.05, 0.1) is 0 Å². The van der Waals surface area contributed by atoms with Gasteiger partial charge in [-0.2, -0.15) is 10.5 Å². The van der Waals surface area contributed by atoms with E-state index in [-0.39, 0.29) is 11.4 Å². The number of hydrogen-bond donors (Lipinski definition) is 0. The Labute approximate surface area is 306 Å². The average Bonchev–Trinajstić information content (AvgIpc) is 3.17. The molecule has 0 aliphatic heterocycles. The van der Waals surface area contributed by atoms with E-state index in [0.717, 1.165) is 45.3 Å². The Kier molecular flexibility index (Phi) is 10.8. The van der Waals surface area contributed by atoms with Gasteiger partial charge in [-0.05, 0) is 112 Å². The summed E-state index contributed by atoms with van der Waals surface area (Å²) in [5.41, 5.74) is 12.4. The summed E-state index contributed by atoms with van der Waals surface area (Å²) < 4.78 is 0. The van der Waals surface area contributed by atoms with Gasteiger partial charge in [0.1, 0.15) is 12.1 Å². The monoisotopic (exact) mass is 674 g/mol. The van der Waals surface area contributed by atoms with Crippen molar-refractivity contribution in [2.75, 3.05) is 9.80 Å². The number of hydrogen-bond acceptors (Lipinski definition) is 6. The number of rotatable bonds is 10. The third kappa shape index (κ3) is 8.40. The first kappa shape index (κ1) is 34.8. The first-order valence-electron chi connectivity index (χ1n) is 17.0. The van der Waals surface area contributed by atoms with Crippen LogP contribution in [0.1, 0.15) is 33.4 Å². The van der Waals surface area contributed by atoms with Crippen LogP contribution in [0.15, 0.2) is 167 Å². The fourth-order valence-electron chi connectivity index (χ4n) is 5.65. The molecule has 0 radical (unpaired) electrons. The summed E-state index contributed by atoms with van der Waals surface area (Å²) in [7, 11) is 0. The summed E-state index contributed by atoms with van der Waals surface area (Å²) in [5, 5.41) is 19.8. The lowest BCUT2D eigenvalue weighted by molar-refractivity contribution is 1.26. The summed E-state index contributed by atoms with van der Waals surface area (Å²) in [6.45, 7) is 8.30. The van der Waals surface area contributed by atoms with Crippen LogP contribution in [0.3, 0.4) is 0 Å². The number of aryl methyl sites for hydroxylation is 4. The number of nitrogens with zero attached hydrogens (tertiary/aromatic N) is 6. The van der Waals surface area contributed by atoms with E-state index >= 15 is 0 Å². The molecular weight excluding hydrogens is 637 g/mol. The van der Waals surface area contributed by atoms with Crippen molar-refractivity contribution in [3.63, 3.8) is 0 Å². The molecule has 0 aliphatic rings. The van der Waals surface area contributed by atoms with Crippen molar-refractivity contribution in [1.29, 1.82) is 10.5 Å². The Morgan fingerprint density at radius 3 is 0.808 bits per heavy atom. The van der Waals surface area contributed by atoms with Gasteiger partial charge in [0, 0.05) is 46.6 Å².